The van der Waals surface area contributed by atoms with E-state index in [2.05, 4.69) is 10.1 Å². The van der Waals surface area contributed by atoms with E-state index in [1.54, 1.807) is 18.2 Å². The predicted octanol–water partition coefficient (Wildman–Crippen LogP) is 3.93. The van der Waals surface area contributed by atoms with Crippen LogP contribution in [0.3, 0.4) is 0 Å². The molecule has 0 amide bonds. The maximum absolute atomic E-state index is 12.9. The number of furan rings is 1. The van der Waals surface area contributed by atoms with E-state index in [1.165, 1.54) is 18.2 Å². The molecule has 0 bridgehead atoms. The number of fused-ring (bicyclic) bond motifs is 3. The van der Waals surface area contributed by atoms with E-state index < -0.39 is 16.4 Å². The van der Waals surface area contributed by atoms with Gasteiger partial charge in [0.25, 0.3) is 0 Å². The minimum Gasteiger partial charge on any atom is -0.457 e. The fourth-order valence-electron chi connectivity index (χ4n) is 3.13. The Bertz CT molecular complexity index is 1070. The largest absolute Gasteiger partial charge is 0.457 e. The highest BCUT2D eigenvalue weighted by atomic mass is 35.5. The highest BCUT2D eigenvalue weighted by Crippen LogP contribution is 2.38. The van der Waals surface area contributed by atoms with Crippen molar-refractivity contribution in [2.24, 2.45) is 0 Å². The summed E-state index contributed by atoms with van der Waals surface area (Å²) in [5.74, 6) is 0.383. The molecule has 3 aromatic rings. The Balaban J connectivity index is 0.00000210. The second-order valence-corrected chi connectivity index (χ2v) is 7.87. The van der Waals surface area contributed by atoms with Gasteiger partial charge in [0.15, 0.2) is 11.3 Å². The molecule has 5 nitrogen and oxygen atoms in total. The zero-order chi connectivity index (χ0) is 18.3. The molecular weight excluding hydrogens is 400 g/mol. The van der Waals surface area contributed by atoms with Gasteiger partial charge in [0.05, 0.1) is 9.79 Å². The first kappa shape index (κ1) is 19.6. The summed E-state index contributed by atoms with van der Waals surface area (Å²) in [4.78, 5) is -0.0288. The third kappa shape index (κ3) is 3.52. The summed E-state index contributed by atoms with van der Waals surface area (Å²) in [5.41, 5.74) is 0.918. The predicted molar refractivity (Wildman–Crippen MR) is 97.4 cm³/mol. The minimum absolute atomic E-state index is 0. The van der Waals surface area contributed by atoms with Crippen LogP contribution in [-0.4, -0.2) is 21.6 Å². The molecule has 0 saturated heterocycles. The first-order valence-corrected chi connectivity index (χ1v) is 9.49. The van der Waals surface area contributed by atoms with Crippen molar-refractivity contribution >= 4 is 33.2 Å². The van der Waals surface area contributed by atoms with E-state index in [1.807, 2.05) is 0 Å². The van der Waals surface area contributed by atoms with Gasteiger partial charge in [-0.05, 0) is 18.2 Å². The van der Waals surface area contributed by atoms with Gasteiger partial charge >= 0.3 is 6.61 Å². The third-order valence-corrected chi connectivity index (χ3v) is 6.07. The van der Waals surface area contributed by atoms with Crippen molar-refractivity contribution < 1.29 is 26.4 Å². The first-order chi connectivity index (χ1) is 12.5. The lowest BCUT2D eigenvalue weighted by molar-refractivity contribution is -0.0495. The second kappa shape index (κ2) is 7.46. The molecule has 1 N–H and O–H groups in total. The minimum atomic E-state index is -3.88. The summed E-state index contributed by atoms with van der Waals surface area (Å²) in [7, 11) is -3.88. The zero-order valence-corrected chi connectivity index (χ0v) is 15.6. The number of rotatable bonds is 4. The lowest BCUT2D eigenvalue weighted by Crippen LogP contribution is -2.22. The van der Waals surface area contributed by atoms with Crippen LogP contribution in [0.1, 0.15) is 11.3 Å². The van der Waals surface area contributed by atoms with Crippen LogP contribution >= 0.6 is 12.4 Å². The van der Waals surface area contributed by atoms with Gasteiger partial charge in [-0.1, -0.05) is 18.2 Å². The van der Waals surface area contributed by atoms with Gasteiger partial charge in [-0.15, -0.1) is 12.4 Å². The number of ether oxygens (including phenoxy) is 1. The maximum Gasteiger partial charge on any atom is 0.387 e. The summed E-state index contributed by atoms with van der Waals surface area (Å²) in [5, 5.41) is 3.64. The van der Waals surface area contributed by atoms with Crippen molar-refractivity contribution in [3.63, 3.8) is 0 Å². The summed E-state index contributed by atoms with van der Waals surface area (Å²) < 4.78 is 61.8. The maximum atomic E-state index is 12.9. The molecule has 2 aromatic carbocycles. The molecule has 27 heavy (non-hydrogen) atoms. The Kier molecular flexibility index (Phi) is 5.41. The fraction of sp³-hybridized carbons (Fsp3) is 0.222. The van der Waals surface area contributed by atoms with Crippen molar-refractivity contribution in [3.8, 4) is 5.75 Å². The van der Waals surface area contributed by atoms with Crippen LogP contribution in [0.25, 0.3) is 11.0 Å². The van der Waals surface area contributed by atoms with Gasteiger partial charge in [0, 0.05) is 36.5 Å². The smallest absolute Gasteiger partial charge is 0.387 e. The SMILES string of the molecule is Cl.O=S(=O)(c1ccccc1)c1cc(OC(F)F)c2oc3c(c2c1)CNCC3. The Morgan fingerprint density at radius 3 is 2.56 bits per heavy atom. The van der Waals surface area contributed by atoms with Crippen LogP contribution in [0.4, 0.5) is 8.78 Å². The van der Waals surface area contributed by atoms with Crippen LogP contribution in [-0.2, 0) is 22.8 Å². The van der Waals surface area contributed by atoms with Gasteiger partial charge in [0.1, 0.15) is 5.76 Å². The highest BCUT2D eigenvalue weighted by Gasteiger charge is 2.26. The van der Waals surface area contributed by atoms with E-state index >= 15 is 0 Å². The lowest BCUT2D eigenvalue weighted by Gasteiger charge is -2.11. The number of nitrogens with one attached hydrogen (secondary N) is 1. The molecule has 0 fully saturated rings. The average Bonchev–Trinajstić information content (AvgIpc) is 3.01. The van der Waals surface area contributed by atoms with Crippen LogP contribution in [0.5, 0.6) is 5.75 Å². The van der Waals surface area contributed by atoms with E-state index in [9.17, 15) is 17.2 Å². The zero-order valence-electron chi connectivity index (χ0n) is 13.9. The Hall–Kier alpha value is -2.16. The van der Waals surface area contributed by atoms with E-state index in [-0.39, 0.29) is 33.5 Å². The van der Waals surface area contributed by atoms with Crippen LogP contribution in [0.15, 0.2) is 56.7 Å². The summed E-state index contributed by atoms with van der Waals surface area (Å²) in [6.45, 7) is -1.91. The molecule has 1 aliphatic rings. The summed E-state index contributed by atoms with van der Waals surface area (Å²) in [6.07, 6.45) is 0.596. The molecule has 0 unspecified atom stereocenters. The Morgan fingerprint density at radius 1 is 1.11 bits per heavy atom. The highest BCUT2D eigenvalue weighted by molar-refractivity contribution is 7.91. The van der Waals surface area contributed by atoms with Gasteiger partial charge in [-0.25, -0.2) is 8.42 Å². The van der Waals surface area contributed by atoms with E-state index in [0.29, 0.717) is 30.7 Å². The molecule has 1 aromatic heterocycles. The number of hydrogen-bond acceptors (Lipinski definition) is 5. The topological polar surface area (TPSA) is 68.5 Å². The van der Waals surface area contributed by atoms with Crippen LogP contribution in [0.2, 0.25) is 0 Å². The van der Waals surface area contributed by atoms with E-state index in [0.717, 1.165) is 11.6 Å². The third-order valence-electron chi connectivity index (χ3n) is 4.33. The first-order valence-electron chi connectivity index (χ1n) is 8.01. The van der Waals surface area contributed by atoms with Crippen molar-refractivity contribution in [2.75, 3.05) is 6.54 Å². The Morgan fingerprint density at radius 2 is 1.85 bits per heavy atom. The molecule has 9 heteroatoms. The molecule has 0 atom stereocenters. The van der Waals surface area contributed by atoms with Crippen molar-refractivity contribution in [1.82, 2.24) is 5.32 Å². The fourth-order valence-corrected chi connectivity index (χ4v) is 4.45. The second-order valence-electron chi connectivity index (χ2n) is 5.92. The normalized spacial score (nSPS) is 14.0. The molecular formula is C18H16ClF2NO4S. The van der Waals surface area contributed by atoms with Crippen molar-refractivity contribution in [2.45, 2.75) is 29.4 Å². The number of hydrogen-bond donors (Lipinski definition) is 1. The molecule has 0 radical (unpaired) electrons. The molecule has 0 saturated carbocycles. The molecule has 1 aliphatic heterocycles. The van der Waals surface area contributed by atoms with Gasteiger partial charge < -0.3 is 14.5 Å². The number of alkyl halides is 2. The molecule has 0 spiro atoms. The van der Waals surface area contributed by atoms with Crippen molar-refractivity contribution in [3.05, 3.63) is 53.8 Å². The summed E-state index contributed by atoms with van der Waals surface area (Å²) >= 11 is 0. The van der Waals surface area contributed by atoms with Gasteiger partial charge in [0.2, 0.25) is 9.84 Å². The van der Waals surface area contributed by atoms with Gasteiger partial charge in [-0.3, -0.25) is 0 Å². The molecule has 144 valence electrons. The Labute approximate surface area is 160 Å². The lowest BCUT2D eigenvalue weighted by atomic mass is 10.1. The average molecular weight is 416 g/mol. The standard InChI is InChI=1S/C18H15F2NO4S.ClH/c19-18(20)25-16-9-12(26(22,23)11-4-2-1-3-5-11)8-13-14-10-21-7-6-15(14)24-17(13)16;/h1-5,8-9,18,21H,6-7,10H2;1H. The number of benzene rings is 2. The summed E-state index contributed by atoms with van der Waals surface area (Å²) in [6, 6.07) is 10.4. The van der Waals surface area contributed by atoms with Crippen LogP contribution < -0.4 is 10.1 Å². The van der Waals surface area contributed by atoms with E-state index in [4.69, 9.17) is 4.42 Å². The molecule has 4 rings (SSSR count). The number of sulfone groups is 1. The van der Waals surface area contributed by atoms with Gasteiger partial charge in [-0.2, -0.15) is 8.78 Å². The van der Waals surface area contributed by atoms with Crippen molar-refractivity contribution in [1.29, 1.82) is 0 Å². The quantitative estimate of drug-likeness (QED) is 0.699. The van der Waals surface area contributed by atoms with Crippen LogP contribution in [0, 0.1) is 0 Å². The monoisotopic (exact) mass is 415 g/mol. The number of halogens is 3. The molecule has 2 heterocycles. The molecule has 0 aliphatic carbocycles.